The molecule has 0 aliphatic rings. The molecule has 122 valence electrons. The highest BCUT2D eigenvalue weighted by atomic mass is 16.6. The van der Waals surface area contributed by atoms with E-state index in [4.69, 9.17) is 4.84 Å². The zero-order valence-electron chi connectivity index (χ0n) is 13.6. The van der Waals surface area contributed by atoms with E-state index in [1.807, 2.05) is 30.3 Å². The van der Waals surface area contributed by atoms with Crippen LogP contribution in [0.4, 0.5) is 5.69 Å². The molecule has 0 bridgehead atoms. The first-order chi connectivity index (χ1) is 11.2. The summed E-state index contributed by atoms with van der Waals surface area (Å²) in [5, 5.41) is 3.27. The number of pyridine rings is 1. The first-order valence-corrected chi connectivity index (χ1v) is 7.80. The molecule has 2 aromatic rings. The third-order valence-electron chi connectivity index (χ3n) is 3.37. The first-order valence-electron chi connectivity index (χ1n) is 7.80. The summed E-state index contributed by atoms with van der Waals surface area (Å²) in [6.45, 7) is 5.37. The van der Waals surface area contributed by atoms with E-state index in [2.05, 4.69) is 29.6 Å². The Morgan fingerprint density at radius 2 is 1.91 bits per heavy atom. The fourth-order valence-corrected chi connectivity index (χ4v) is 2.00. The Hall–Kier alpha value is -2.40. The molecule has 0 saturated carbocycles. The Bertz CT molecular complexity index is 615. The maximum Gasteiger partial charge on any atom is 0.276 e. The van der Waals surface area contributed by atoms with E-state index in [1.165, 1.54) is 0 Å². The van der Waals surface area contributed by atoms with Gasteiger partial charge in [-0.3, -0.25) is 14.6 Å². The number of hydroxylamine groups is 1. The normalized spacial score (nSPS) is 10.6. The molecule has 5 nitrogen and oxygen atoms in total. The molecule has 1 amide bonds. The second kappa shape index (κ2) is 8.90. The molecule has 0 radical (unpaired) electrons. The van der Waals surface area contributed by atoms with Crippen molar-refractivity contribution in [3.8, 4) is 0 Å². The summed E-state index contributed by atoms with van der Waals surface area (Å²) >= 11 is 0. The number of hydrogen-bond donors (Lipinski definition) is 2. The Morgan fingerprint density at radius 3 is 2.65 bits per heavy atom. The topological polar surface area (TPSA) is 63.2 Å². The van der Waals surface area contributed by atoms with Crippen molar-refractivity contribution in [1.29, 1.82) is 0 Å². The number of para-hydroxylation sites is 1. The molecule has 23 heavy (non-hydrogen) atoms. The van der Waals surface area contributed by atoms with Crippen LogP contribution in [0.2, 0.25) is 0 Å². The summed E-state index contributed by atoms with van der Waals surface area (Å²) in [5.41, 5.74) is 4.94. The van der Waals surface area contributed by atoms with Crippen molar-refractivity contribution in [3.05, 3.63) is 59.9 Å². The molecule has 0 saturated heterocycles. The van der Waals surface area contributed by atoms with E-state index in [1.54, 1.807) is 18.5 Å². The number of nitrogens with zero attached hydrogens (tertiary/aromatic N) is 1. The zero-order chi connectivity index (χ0) is 16.5. The number of anilines is 1. The molecule has 0 atom stereocenters. The van der Waals surface area contributed by atoms with E-state index < -0.39 is 0 Å². The number of amides is 1. The van der Waals surface area contributed by atoms with Crippen LogP contribution in [0.15, 0.2) is 48.8 Å². The lowest BCUT2D eigenvalue weighted by molar-refractivity contribution is 0.0275. The fourth-order valence-electron chi connectivity index (χ4n) is 2.00. The molecule has 1 heterocycles. The third-order valence-corrected chi connectivity index (χ3v) is 3.37. The molecule has 0 unspecified atom stereocenters. The van der Waals surface area contributed by atoms with E-state index in [0.29, 0.717) is 24.6 Å². The number of rotatable bonds is 8. The quantitative estimate of drug-likeness (QED) is 0.579. The van der Waals surface area contributed by atoms with Crippen molar-refractivity contribution in [2.75, 3.05) is 11.9 Å². The lowest BCUT2D eigenvalue weighted by Gasteiger charge is -2.12. The van der Waals surface area contributed by atoms with Gasteiger partial charge in [-0.25, -0.2) is 5.48 Å². The summed E-state index contributed by atoms with van der Waals surface area (Å²) in [5.74, 6) is 0.299. The van der Waals surface area contributed by atoms with Gasteiger partial charge in [0, 0.05) is 24.6 Å². The van der Waals surface area contributed by atoms with Gasteiger partial charge in [-0.2, -0.15) is 0 Å². The second-order valence-electron chi connectivity index (χ2n) is 5.72. The average molecular weight is 313 g/mol. The van der Waals surface area contributed by atoms with Crippen LogP contribution >= 0.6 is 0 Å². The summed E-state index contributed by atoms with van der Waals surface area (Å²) < 4.78 is 0. The van der Waals surface area contributed by atoms with Crippen molar-refractivity contribution in [2.45, 2.75) is 26.8 Å². The van der Waals surface area contributed by atoms with E-state index in [0.717, 1.165) is 17.7 Å². The van der Waals surface area contributed by atoms with Gasteiger partial charge in [0.05, 0.1) is 12.2 Å². The highest BCUT2D eigenvalue weighted by Crippen LogP contribution is 2.16. The molecule has 2 rings (SSSR count). The van der Waals surface area contributed by atoms with Gasteiger partial charge >= 0.3 is 0 Å². The van der Waals surface area contributed by atoms with Crippen LogP contribution < -0.4 is 10.8 Å². The molecule has 0 spiro atoms. The SMILES string of the molecule is CC(C)CCONC(=O)c1ccccc1NCc1ccncc1. The Balaban J connectivity index is 1.92. The minimum atomic E-state index is -0.244. The van der Waals surface area contributed by atoms with Crippen LogP contribution in [0.25, 0.3) is 0 Å². The van der Waals surface area contributed by atoms with E-state index in [9.17, 15) is 4.79 Å². The zero-order valence-corrected chi connectivity index (χ0v) is 13.6. The minimum absolute atomic E-state index is 0.244. The third kappa shape index (κ3) is 5.71. The molecule has 0 fully saturated rings. The van der Waals surface area contributed by atoms with Crippen LogP contribution in [0.5, 0.6) is 0 Å². The first kappa shape index (κ1) is 17.0. The lowest BCUT2D eigenvalue weighted by atomic mass is 10.1. The van der Waals surface area contributed by atoms with Crippen LogP contribution in [-0.2, 0) is 11.4 Å². The van der Waals surface area contributed by atoms with Crippen molar-refractivity contribution in [3.63, 3.8) is 0 Å². The van der Waals surface area contributed by atoms with E-state index in [-0.39, 0.29) is 5.91 Å². The maximum absolute atomic E-state index is 12.2. The van der Waals surface area contributed by atoms with Gasteiger partial charge in [-0.1, -0.05) is 26.0 Å². The van der Waals surface area contributed by atoms with Gasteiger partial charge in [0.25, 0.3) is 5.91 Å². The predicted molar refractivity (Wildman–Crippen MR) is 90.9 cm³/mol. The van der Waals surface area contributed by atoms with E-state index >= 15 is 0 Å². The fraction of sp³-hybridized carbons (Fsp3) is 0.333. The Morgan fingerprint density at radius 1 is 1.17 bits per heavy atom. The minimum Gasteiger partial charge on any atom is -0.380 e. The standard InChI is InChI=1S/C18H23N3O2/c1-14(2)9-12-23-21-18(22)16-5-3-4-6-17(16)20-13-15-7-10-19-11-8-15/h3-8,10-11,14,20H,9,12-13H2,1-2H3,(H,21,22). The summed E-state index contributed by atoms with van der Waals surface area (Å²) in [6, 6.07) is 11.3. The molecule has 0 aliphatic heterocycles. The average Bonchev–Trinajstić information content (AvgIpc) is 2.58. The van der Waals surface area contributed by atoms with Crippen LogP contribution in [-0.4, -0.2) is 17.5 Å². The Labute approximate surface area is 137 Å². The number of hydrogen-bond acceptors (Lipinski definition) is 4. The van der Waals surface area contributed by atoms with Crippen molar-refractivity contribution in [1.82, 2.24) is 10.5 Å². The largest absolute Gasteiger partial charge is 0.380 e. The molecular weight excluding hydrogens is 290 g/mol. The molecule has 1 aromatic heterocycles. The predicted octanol–water partition coefficient (Wildman–Crippen LogP) is 3.40. The molecule has 1 aromatic carbocycles. The van der Waals surface area contributed by atoms with Gasteiger partial charge in [-0.05, 0) is 42.2 Å². The Kier molecular flexibility index (Phi) is 6.56. The number of aromatic nitrogens is 1. The molecular formula is C18H23N3O2. The van der Waals surface area contributed by atoms with Gasteiger partial charge in [0.2, 0.25) is 0 Å². The summed E-state index contributed by atoms with van der Waals surface area (Å²) in [4.78, 5) is 21.5. The van der Waals surface area contributed by atoms with Gasteiger partial charge in [0.1, 0.15) is 0 Å². The molecule has 2 N–H and O–H groups in total. The van der Waals surface area contributed by atoms with Crippen LogP contribution in [0.3, 0.4) is 0 Å². The molecule has 0 aliphatic carbocycles. The summed E-state index contributed by atoms with van der Waals surface area (Å²) in [7, 11) is 0. The number of carbonyl (C=O) groups is 1. The van der Waals surface area contributed by atoms with Crippen LogP contribution in [0.1, 0.15) is 36.2 Å². The maximum atomic E-state index is 12.2. The smallest absolute Gasteiger partial charge is 0.276 e. The van der Waals surface area contributed by atoms with Gasteiger partial charge in [0.15, 0.2) is 0 Å². The van der Waals surface area contributed by atoms with Crippen molar-refractivity contribution < 1.29 is 9.63 Å². The number of carbonyl (C=O) groups excluding carboxylic acids is 1. The van der Waals surface area contributed by atoms with Gasteiger partial charge in [-0.15, -0.1) is 0 Å². The van der Waals surface area contributed by atoms with Crippen LogP contribution in [0, 0.1) is 5.92 Å². The highest BCUT2D eigenvalue weighted by Gasteiger charge is 2.10. The van der Waals surface area contributed by atoms with Gasteiger partial charge < -0.3 is 5.32 Å². The summed E-state index contributed by atoms with van der Waals surface area (Å²) in [6.07, 6.45) is 4.40. The molecule has 5 heteroatoms. The highest BCUT2D eigenvalue weighted by molar-refractivity contribution is 5.98. The van der Waals surface area contributed by atoms with Crippen molar-refractivity contribution >= 4 is 11.6 Å². The lowest BCUT2D eigenvalue weighted by Crippen LogP contribution is -2.25. The monoisotopic (exact) mass is 313 g/mol. The number of nitrogens with one attached hydrogen (secondary N) is 2. The van der Waals surface area contributed by atoms with Crippen molar-refractivity contribution in [2.24, 2.45) is 5.92 Å². The second-order valence-corrected chi connectivity index (χ2v) is 5.72. The number of benzene rings is 1.